The predicted octanol–water partition coefficient (Wildman–Crippen LogP) is 3.74. The molecule has 1 saturated heterocycles. The van der Waals surface area contributed by atoms with Gasteiger partial charge in [0.15, 0.2) is 5.58 Å². The van der Waals surface area contributed by atoms with Crippen LogP contribution in [0.1, 0.15) is 35.7 Å². The number of nitrogens with two attached hydrogens (primary N) is 1. The van der Waals surface area contributed by atoms with Crippen LogP contribution in [0.25, 0.3) is 11.1 Å². The molecule has 0 atom stereocenters. The van der Waals surface area contributed by atoms with Crippen LogP contribution in [0.4, 0.5) is 6.01 Å². The zero-order valence-corrected chi connectivity index (χ0v) is 17.6. The third-order valence-electron chi connectivity index (χ3n) is 5.32. The zero-order valence-electron chi connectivity index (χ0n) is 16.9. The summed E-state index contributed by atoms with van der Waals surface area (Å²) >= 11 is 6.26. The molecule has 158 valence electrons. The van der Waals surface area contributed by atoms with Crippen molar-refractivity contribution in [1.29, 1.82) is 0 Å². The monoisotopic (exact) mass is 428 g/mol. The number of carbonyl (C=O) groups excluding carboxylic acids is 1. The van der Waals surface area contributed by atoms with Crippen LogP contribution in [0, 0.1) is 0 Å². The molecule has 0 bridgehead atoms. The minimum Gasteiger partial charge on any atom is -0.492 e. The highest BCUT2D eigenvalue weighted by molar-refractivity contribution is 6.32. The van der Waals surface area contributed by atoms with Crippen LogP contribution < -0.4 is 20.7 Å². The second-order valence-electron chi connectivity index (χ2n) is 7.32. The molecule has 0 saturated carbocycles. The zero-order chi connectivity index (χ0) is 21.1. The second kappa shape index (κ2) is 8.93. The number of ether oxygens (including phenoxy) is 1. The summed E-state index contributed by atoms with van der Waals surface area (Å²) in [5.74, 6) is 0.142. The molecule has 30 heavy (non-hydrogen) atoms. The number of fused-ring (bicyclic) bond motifs is 1. The maximum Gasteiger partial charge on any atom is 0.298 e. The van der Waals surface area contributed by atoms with Crippen molar-refractivity contribution in [3.05, 3.63) is 52.5 Å². The highest BCUT2D eigenvalue weighted by atomic mass is 35.5. The summed E-state index contributed by atoms with van der Waals surface area (Å²) in [6, 6.07) is 11.7. The van der Waals surface area contributed by atoms with Gasteiger partial charge in [-0.1, -0.05) is 23.7 Å². The van der Waals surface area contributed by atoms with Crippen molar-refractivity contribution in [3.8, 4) is 5.75 Å². The molecule has 0 unspecified atom stereocenters. The topological polar surface area (TPSA) is 93.6 Å². The summed E-state index contributed by atoms with van der Waals surface area (Å²) in [5.41, 5.74) is 7.96. The summed E-state index contributed by atoms with van der Waals surface area (Å²) in [4.78, 5) is 18.6. The Kier molecular flexibility index (Phi) is 6.11. The Bertz CT molecular complexity index is 1050. The largest absolute Gasteiger partial charge is 0.492 e. The standard InChI is InChI=1S/C22H25ClN4O3/c1-2-29-19-12-14(6-7-17(19)23)13-27(15-8-10-25-11-9-15)22-26-20-16(21(24)28)4-3-5-18(20)30-22/h3-7,12,15,25H,2,8-11,13H2,1H3,(H2,24,28). The van der Waals surface area contributed by atoms with E-state index in [2.05, 4.69) is 15.2 Å². The number of aromatic nitrogens is 1. The van der Waals surface area contributed by atoms with Crippen molar-refractivity contribution in [2.24, 2.45) is 5.73 Å². The van der Waals surface area contributed by atoms with Gasteiger partial charge in [0.1, 0.15) is 11.3 Å². The number of hydrogen-bond donors (Lipinski definition) is 2. The van der Waals surface area contributed by atoms with Crippen molar-refractivity contribution in [3.63, 3.8) is 0 Å². The average molecular weight is 429 g/mol. The number of benzene rings is 2. The highest BCUT2D eigenvalue weighted by Crippen LogP contribution is 2.31. The first-order chi connectivity index (χ1) is 14.6. The van der Waals surface area contributed by atoms with E-state index in [0.717, 1.165) is 31.5 Å². The van der Waals surface area contributed by atoms with E-state index >= 15 is 0 Å². The molecule has 0 aliphatic carbocycles. The maximum absolute atomic E-state index is 11.8. The molecule has 0 spiro atoms. The minimum atomic E-state index is -0.520. The first-order valence-corrected chi connectivity index (χ1v) is 10.5. The molecular formula is C22H25ClN4O3. The summed E-state index contributed by atoms with van der Waals surface area (Å²) in [6.45, 7) is 4.92. The van der Waals surface area contributed by atoms with E-state index < -0.39 is 5.91 Å². The fourth-order valence-electron chi connectivity index (χ4n) is 3.84. The molecule has 8 heteroatoms. The van der Waals surface area contributed by atoms with Crippen LogP contribution in [-0.2, 0) is 6.54 Å². The number of nitrogens with one attached hydrogen (secondary N) is 1. The Balaban J connectivity index is 1.72. The van der Waals surface area contributed by atoms with Crippen LogP contribution >= 0.6 is 11.6 Å². The van der Waals surface area contributed by atoms with Gasteiger partial charge in [0.2, 0.25) is 0 Å². The van der Waals surface area contributed by atoms with Gasteiger partial charge >= 0.3 is 0 Å². The molecule has 7 nitrogen and oxygen atoms in total. The van der Waals surface area contributed by atoms with Gasteiger partial charge in [-0.3, -0.25) is 4.79 Å². The number of nitrogens with zero attached hydrogens (tertiary/aromatic N) is 2. The normalized spacial score (nSPS) is 14.7. The predicted molar refractivity (Wildman–Crippen MR) is 117 cm³/mol. The molecule has 2 heterocycles. The molecular weight excluding hydrogens is 404 g/mol. The van der Waals surface area contributed by atoms with Crippen LogP contribution in [0.3, 0.4) is 0 Å². The van der Waals surface area contributed by atoms with Crippen LogP contribution in [0.15, 0.2) is 40.8 Å². The molecule has 4 rings (SSSR count). The first kappa shape index (κ1) is 20.5. The molecule has 1 aliphatic rings. The third-order valence-corrected chi connectivity index (χ3v) is 5.63. The fraction of sp³-hybridized carbons (Fsp3) is 0.364. The van der Waals surface area contributed by atoms with Gasteiger partial charge in [0.25, 0.3) is 11.9 Å². The average Bonchev–Trinajstić information content (AvgIpc) is 3.18. The second-order valence-corrected chi connectivity index (χ2v) is 7.73. The van der Waals surface area contributed by atoms with Crippen molar-refractivity contribution in [2.45, 2.75) is 32.4 Å². The molecule has 1 aromatic heterocycles. The lowest BCUT2D eigenvalue weighted by molar-refractivity contribution is 0.100. The number of rotatable bonds is 7. The summed E-state index contributed by atoms with van der Waals surface area (Å²) in [5, 5.41) is 3.98. The van der Waals surface area contributed by atoms with E-state index in [0.29, 0.717) is 46.6 Å². The van der Waals surface area contributed by atoms with E-state index in [-0.39, 0.29) is 6.04 Å². The van der Waals surface area contributed by atoms with Crippen LogP contribution in [-0.4, -0.2) is 36.6 Å². The molecule has 1 amide bonds. The smallest absolute Gasteiger partial charge is 0.298 e. The minimum absolute atomic E-state index is 0.252. The van der Waals surface area contributed by atoms with Crippen molar-refractivity contribution in [2.75, 3.05) is 24.6 Å². The molecule has 1 fully saturated rings. The van der Waals surface area contributed by atoms with Gasteiger partial charge < -0.3 is 25.1 Å². The van der Waals surface area contributed by atoms with Gasteiger partial charge in [0.05, 0.1) is 17.2 Å². The number of carbonyl (C=O) groups is 1. The van der Waals surface area contributed by atoms with Crippen molar-refractivity contribution >= 4 is 34.6 Å². The lowest BCUT2D eigenvalue weighted by atomic mass is 10.0. The number of amides is 1. The number of halogens is 1. The van der Waals surface area contributed by atoms with E-state index in [9.17, 15) is 4.79 Å². The Morgan fingerprint density at radius 3 is 2.87 bits per heavy atom. The molecule has 3 N–H and O–H groups in total. The van der Waals surface area contributed by atoms with Gasteiger partial charge in [-0.2, -0.15) is 4.98 Å². The number of oxazole rings is 1. The third kappa shape index (κ3) is 4.22. The lowest BCUT2D eigenvalue weighted by Gasteiger charge is -2.33. The van der Waals surface area contributed by atoms with Gasteiger partial charge in [0, 0.05) is 12.6 Å². The number of primary amides is 1. The Morgan fingerprint density at radius 2 is 2.13 bits per heavy atom. The molecule has 1 aliphatic heterocycles. The van der Waals surface area contributed by atoms with E-state index in [4.69, 9.17) is 26.5 Å². The first-order valence-electron chi connectivity index (χ1n) is 10.1. The number of anilines is 1. The van der Waals surface area contributed by atoms with Crippen molar-refractivity contribution in [1.82, 2.24) is 10.3 Å². The lowest BCUT2D eigenvalue weighted by Crippen LogP contribution is -2.43. The molecule has 0 radical (unpaired) electrons. The summed E-state index contributed by atoms with van der Waals surface area (Å²) in [7, 11) is 0. The summed E-state index contributed by atoms with van der Waals surface area (Å²) in [6.07, 6.45) is 1.93. The quantitative estimate of drug-likeness (QED) is 0.595. The Hall–Kier alpha value is -2.77. The van der Waals surface area contributed by atoms with Gasteiger partial charge in [-0.25, -0.2) is 0 Å². The van der Waals surface area contributed by atoms with Gasteiger partial charge in [-0.05, 0) is 62.7 Å². The van der Waals surface area contributed by atoms with Crippen LogP contribution in [0.2, 0.25) is 5.02 Å². The summed E-state index contributed by atoms with van der Waals surface area (Å²) < 4.78 is 11.7. The number of piperidine rings is 1. The highest BCUT2D eigenvalue weighted by Gasteiger charge is 2.26. The number of hydrogen-bond acceptors (Lipinski definition) is 6. The molecule has 2 aromatic carbocycles. The molecule has 3 aromatic rings. The SMILES string of the molecule is CCOc1cc(CN(c2nc3c(C(N)=O)cccc3o2)C2CCNCC2)ccc1Cl. The Morgan fingerprint density at radius 1 is 1.33 bits per heavy atom. The number of para-hydroxylation sites is 1. The van der Waals surface area contributed by atoms with E-state index in [1.165, 1.54) is 0 Å². The maximum atomic E-state index is 11.8. The van der Waals surface area contributed by atoms with Gasteiger partial charge in [-0.15, -0.1) is 0 Å². The Labute approximate surface area is 180 Å². The van der Waals surface area contributed by atoms with E-state index in [1.807, 2.05) is 25.1 Å². The van der Waals surface area contributed by atoms with Crippen molar-refractivity contribution < 1.29 is 13.9 Å². The van der Waals surface area contributed by atoms with Crippen LogP contribution in [0.5, 0.6) is 5.75 Å². The fourth-order valence-corrected chi connectivity index (χ4v) is 4.01. The van der Waals surface area contributed by atoms with E-state index in [1.54, 1.807) is 18.2 Å².